The van der Waals surface area contributed by atoms with E-state index in [2.05, 4.69) is 55.3 Å². The molecule has 0 spiro atoms. The van der Waals surface area contributed by atoms with E-state index < -0.39 is 6.04 Å². The number of para-hydroxylation sites is 2. The van der Waals surface area contributed by atoms with Crippen LogP contribution in [0.1, 0.15) is 82.6 Å². The normalized spacial score (nSPS) is 18.7. The van der Waals surface area contributed by atoms with Gasteiger partial charge in [-0.15, -0.1) is 0 Å². The summed E-state index contributed by atoms with van der Waals surface area (Å²) < 4.78 is 5.71. The zero-order chi connectivity index (χ0) is 27.4. The van der Waals surface area contributed by atoms with Crippen LogP contribution in [-0.2, 0) is 9.59 Å². The summed E-state index contributed by atoms with van der Waals surface area (Å²) in [6.45, 7) is 8.27. The standard InChI is InChI=1S/C33H39N3O3/c1-4-7-8-15-31(38)36-28-13-10-9-12-26(28)34-27-21-24(30-14-11-20-39-30)22-29(37)32(27)33(36)23-16-18-25(19-17-23)35(5-2)6-3/h9-14,16-20,24,33-34H,4-8,15,21-22H2,1-3H3/t24-,33-/m0/s1. The van der Waals surface area contributed by atoms with E-state index in [1.165, 1.54) is 0 Å². The minimum atomic E-state index is -0.499. The van der Waals surface area contributed by atoms with Gasteiger partial charge < -0.3 is 14.6 Å². The van der Waals surface area contributed by atoms with Crippen molar-refractivity contribution < 1.29 is 14.0 Å². The number of nitrogens with one attached hydrogen (secondary N) is 1. The zero-order valence-corrected chi connectivity index (χ0v) is 23.3. The largest absolute Gasteiger partial charge is 0.469 e. The number of fused-ring (bicyclic) bond motifs is 1. The summed E-state index contributed by atoms with van der Waals surface area (Å²) in [5.41, 5.74) is 5.32. The molecule has 0 radical (unpaired) electrons. The Morgan fingerprint density at radius 3 is 2.44 bits per heavy atom. The van der Waals surface area contributed by atoms with Crippen LogP contribution in [0.15, 0.2) is 82.6 Å². The van der Waals surface area contributed by atoms with E-state index in [4.69, 9.17) is 4.42 Å². The Bertz CT molecular complexity index is 1320. The molecular weight excluding hydrogens is 486 g/mol. The van der Waals surface area contributed by atoms with Crippen LogP contribution in [0.4, 0.5) is 17.1 Å². The summed E-state index contributed by atoms with van der Waals surface area (Å²) in [6, 6.07) is 19.7. The van der Waals surface area contributed by atoms with Gasteiger partial charge in [0.25, 0.3) is 0 Å². The van der Waals surface area contributed by atoms with Gasteiger partial charge in [-0.25, -0.2) is 0 Å². The summed E-state index contributed by atoms with van der Waals surface area (Å²) in [5, 5.41) is 3.60. The molecule has 0 saturated heterocycles. The van der Waals surface area contributed by atoms with Gasteiger partial charge in [0.05, 0.1) is 23.7 Å². The number of hydrogen-bond acceptors (Lipinski definition) is 5. The van der Waals surface area contributed by atoms with Crippen LogP contribution in [0.5, 0.6) is 0 Å². The number of rotatable bonds is 9. The highest BCUT2D eigenvalue weighted by molar-refractivity contribution is 6.06. The van der Waals surface area contributed by atoms with E-state index in [0.717, 1.165) is 66.4 Å². The van der Waals surface area contributed by atoms with Crippen molar-refractivity contribution in [1.29, 1.82) is 0 Å². The lowest BCUT2D eigenvalue weighted by Gasteiger charge is -2.35. The summed E-state index contributed by atoms with van der Waals surface area (Å²) in [5.74, 6) is 0.887. The van der Waals surface area contributed by atoms with Gasteiger partial charge in [0, 0.05) is 48.8 Å². The topological polar surface area (TPSA) is 65.8 Å². The first-order chi connectivity index (χ1) is 19.0. The summed E-state index contributed by atoms with van der Waals surface area (Å²) in [7, 11) is 0. The van der Waals surface area contributed by atoms with E-state index in [1.807, 2.05) is 41.3 Å². The monoisotopic (exact) mass is 525 g/mol. The van der Waals surface area contributed by atoms with Crippen LogP contribution in [0.25, 0.3) is 0 Å². The SMILES string of the molecule is CCCCCC(=O)N1c2ccccc2NC2=C(C(=O)C[C@@H](c3ccco3)C2)[C@@H]1c1ccc(N(CC)CC)cc1. The van der Waals surface area contributed by atoms with Crippen LogP contribution in [0.2, 0.25) is 0 Å². The molecule has 6 heteroatoms. The van der Waals surface area contributed by atoms with Crippen molar-refractivity contribution in [2.45, 2.75) is 71.3 Å². The highest BCUT2D eigenvalue weighted by atomic mass is 16.3. The number of hydrogen-bond donors (Lipinski definition) is 1. The highest BCUT2D eigenvalue weighted by Gasteiger charge is 2.41. The molecule has 0 fully saturated rings. The van der Waals surface area contributed by atoms with E-state index in [1.54, 1.807) is 6.26 Å². The molecule has 1 N–H and O–H groups in total. The molecule has 204 valence electrons. The number of benzene rings is 2. The molecule has 1 aliphatic heterocycles. The maximum atomic E-state index is 14.0. The molecule has 0 unspecified atom stereocenters. The highest BCUT2D eigenvalue weighted by Crippen LogP contribution is 2.47. The predicted octanol–water partition coefficient (Wildman–Crippen LogP) is 7.61. The van der Waals surface area contributed by atoms with Gasteiger partial charge in [-0.1, -0.05) is 44.0 Å². The molecule has 1 aromatic heterocycles. The van der Waals surface area contributed by atoms with Crippen LogP contribution >= 0.6 is 0 Å². The Hall–Kier alpha value is -3.80. The molecule has 2 heterocycles. The number of nitrogens with zero attached hydrogens (tertiary/aromatic N) is 2. The second-order valence-corrected chi connectivity index (χ2v) is 10.5. The summed E-state index contributed by atoms with van der Waals surface area (Å²) >= 11 is 0. The fourth-order valence-corrected chi connectivity index (χ4v) is 6.01. The molecule has 2 atom stereocenters. The predicted molar refractivity (Wildman–Crippen MR) is 157 cm³/mol. The van der Waals surface area contributed by atoms with Crippen molar-refractivity contribution >= 4 is 28.8 Å². The van der Waals surface area contributed by atoms with Gasteiger partial charge in [-0.05, 0) is 68.7 Å². The second-order valence-electron chi connectivity index (χ2n) is 10.5. The van der Waals surface area contributed by atoms with Gasteiger partial charge in [0.1, 0.15) is 5.76 Å². The first-order valence-corrected chi connectivity index (χ1v) is 14.4. The molecule has 0 bridgehead atoms. The van der Waals surface area contributed by atoms with Crippen molar-refractivity contribution in [3.63, 3.8) is 0 Å². The number of allylic oxidation sites excluding steroid dienone is 1. The molecule has 6 nitrogen and oxygen atoms in total. The lowest BCUT2D eigenvalue weighted by Crippen LogP contribution is -2.38. The van der Waals surface area contributed by atoms with Crippen molar-refractivity contribution in [2.75, 3.05) is 28.2 Å². The van der Waals surface area contributed by atoms with Crippen LogP contribution < -0.4 is 15.1 Å². The Kier molecular flexibility index (Phi) is 8.20. The van der Waals surface area contributed by atoms with Crippen molar-refractivity contribution in [3.8, 4) is 0 Å². The van der Waals surface area contributed by atoms with Gasteiger partial charge in [0.15, 0.2) is 5.78 Å². The number of ketones is 1. The first kappa shape index (κ1) is 26.8. The number of amides is 1. The molecule has 0 saturated carbocycles. The average Bonchev–Trinajstić information content (AvgIpc) is 3.44. The molecule has 2 aliphatic rings. The first-order valence-electron chi connectivity index (χ1n) is 14.4. The minimum Gasteiger partial charge on any atom is -0.469 e. The van der Waals surface area contributed by atoms with Crippen LogP contribution in [-0.4, -0.2) is 24.8 Å². The quantitative estimate of drug-likeness (QED) is 0.291. The fraction of sp³-hybridized carbons (Fsp3) is 0.394. The molecular formula is C33H39N3O3. The van der Waals surface area contributed by atoms with E-state index in [-0.39, 0.29) is 17.6 Å². The van der Waals surface area contributed by atoms with Gasteiger partial charge in [0.2, 0.25) is 5.91 Å². The zero-order valence-electron chi connectivity index (χ0n) is 23.3. The molecule has 39 heavy (non-hydrogen) atoms. The second kappa shape index (κ2) is 11.9. The maximum Gasteiger partial charge on any atom is 0.227 e. The lowest BCUT2D eigenvalue weighted by atomic mass is 9.80. The maximum absolute atomic E-state index is 14.0. The van der Waals surface area contributed by atoms with Gasteiger partial charge in [-0.2, -0.15) is 0 Å². The molecule has 1 aliphatic carbocycles. The Labute approximate surface area is 231 Å². The smallest absolute Gasteiger partial charge is 0.227 e. The Balaban J connectivity index is 1.65. The van der Waals surface area contributed by atoms with E-state index in [0.29, 0.717) is 24.8 Å². The van der Waals surface area contributed by atoms with E-state index in [9.17, 15) is 9.59 Å². The number of unbranched alkanes of at least 4 members (excludes halogenated alkanes) is 2. The Morgan fingerprint density at radius 2 is 1.74 bits per heavy atom. The molecule has 2 aromatic carbocycles. The van der Waals surface area contributed by atoms with Crippen molar-refractivity contribution in [2.24, 2.45) is 0 Å². The van der Waals surface area contributed by atoms with E-state index >= 15 is 0 Å². The minimum absolute atomic E-state index is 0.0385. The lowest BCUT2D eigenvalue weighted by molar-refractivity contribution is -0.119. The third-order valence-electron chi connectivity index (χ3n) is 8.03. The van der Waals surface area contributed by atoms with Crippen molar-refractivity contribution in [3.05, 3.63) is 89.5 Å². The number of Topliss-reactive ketones (excluding diaryl/α,β-unsaturated/α-hetero) is 1. The Morgan fingerprint density at radius 1 is 0.974 bits per heavy atom. The number of carbonyl (C=O) groups excluding carboxylic acids is 2. The average molecular weight is 526 g/mol. The summed E-state index contributed by atoms with van der Waals surface area (Å²) in [4.78, 5) is 32.2. The van der Waals surface area contributed by atoms with Gasteiger partial charge in [-0.3, -0.25) is 14.5 Å². The number of carbonyl (C=O) groups is 2. The van der Waals surface area contributed by atoms with Crippen LogP contribution in [0, 0.1) is 0 Å². The van der Waals surface area contributed by atoms with Gasteiger partial charge >= 0.3 is 0 Å². The number of furan rings is 1. The van der Waals surface area contributed by atoms with Crippen LogP contribution in [0.3, 0.4) is 0 Å². The molecule has 5 rings (SSSR count). The van der Waals surface area contributed by atoms with Crippen molar-refractivity contribution in [1.82, 2.24) is 0 Å². The summed E-state index contributed by atoms with van der Waals surface area (Å²) in [6.07, 6.45) is 5.99. The fourth-order valence-electron chi connectivity index (χ4n) is 6.01. The molecule has 1 amide bonds. The third-order valence-corrected chi connectivity index (χ3v) is 8.03. The number of anilines is 3. The third kappa shape index (κ3) is 5.38. The molecule has 3 aromatic rings.